The van der Waals surface area contributed by atoms with Crippen molar-refractivity contribution in [3.63, 3.8) is 0 Å². The van der Waals surface area contributed by atoms with Crippen molar-refractivity contribution >= 4 is 6.08 Å². The summed E-state index contributed by atoms with van der Waals surface area (Å²) in [4.78, 5) is 0. The lowest BCUT2D eigenvalue weighted by atomic mass is 10.1. The molecule has 0 aliphatic rings. The van der Waals surface area contributed by atoms with Gasteiger partial charge in [-0.3, -0.25) is 0 Å². The summed E-state index contributed by atoms with van der Waals surface area (Å²) in [6.45, 7) is 4.97. The van der Waals surface area contributed by atoms with Crippen molar-refractivity contribution in [2.75, 3.05) is 6.54 Å². The highest BCUT2D eigenvalue weighted by Gasteiger charge is 1.92. The molecule has 0 amide bonds. The lowest BCUT2D eigenvalue weighted by Gasteiger charge is -2.01. The molecule has 0 spiro atoms. The fourth-order valence-electron chi connectivity index (χ4n) is 1.32. The monoisotopic (exact) mass is 175 g/mol. The smallest absolute Gasteiger partial charge is 0.00425 e. The second-order valence-corrected chi connectivity index (χ2v) is 3.34. The van der Waals surface area contributed by atoms with Gasteiger partial charge in [0.15, 0.2) is 0 Å². The van der Waals surface area contributed by atoms with Gasteiger partial charge in [0.2, 0.25) is 0 Å². The Kier molecular flexibility index (Phi) is 3.71. The van der Waals surface area contributed by atoms with Crippen molar-refractivity contribution in [3.05, 3.63) is 41.0 Å². The summed E-state index contributed by atoms with van der Waals surface area (Å²) in [6.07, 6.45) is 5.21. The van der Waals surface area contributed by atoms with E-state index >= 15 is 0 Å². The first-order valence-electron chi connectivity index (χ1n) is 4.68. The summed E-state index contributed by atoms with van der Waals surface area (Å²) in [5, 5.41) is 0. The van der Waals surface area contributed by atoms with Crippen LogP contribution in [0.15, 0.2) is 24.3 Å². The Balaban J connectivity index is 2.77. The standard InChI is InChI=1S/C12H17N/c1-10-6-7-12(11(2)9-10)5-3-4-8-13/h3,5-7,9H,4,8,13H2,1-2H3/b5-3+. The van der Waals surface area contributed by atoms with Crippen LogP contribution in [0.3, 0.4) is 0 Å². The summed E-state index contributed by atoms with van der Waals surface area (Å²) >= 11 is 0. The molecular formula is C12H17N. The van der Waals surface area contributed by atoms with Crippen LogP contribution in [-0.4, -0.2) is 6.54 Å². The molecule has 0 aromatic heterocycles. The Morgan fingerprint density at radius 1 is 1.31 bits per heavy atom. The Bertz CT molecular complexity index is 300. The van der Waals surface area contributed by atoms with Gasteiger partial charge in [0.1, 0.15) is 0 Å². The van der Waals surface area contributed by atoms with Crippen molar-refractivity contribution in [3.8, 4) is 0 Å². The number of nitrogens with two attached hydrogens (primary N) is 1. The normalized spacial score (nSPS) is 11.0. The van der Waals surface area contributed by atoms with E-state index in [1.807, 2.05) is 0 Å². The van der Waals surface area contributed by atoms with E-state index < -0.39 is 0 Å². The maximum absolute atomic E-state index is 5.40. The van der Waals surface area contributed by atoms with Gasteiger partial charge in [-0.05, 0) is 37.9 Å². The van der Waals surface area contributed by atoms with Crippen molar-refractivity contribution in [1.29, 1.82) is 0 Å². The summed E-state index contributed by atoms with van der Waals surface area (Å²) in [7, 11) is 0. The van der Waals surface area contributed by atoms with E-state index in [0.717, 1.165) is 13.0 Å². The summed E-state index contributed by atoms with van der Waals surface area (Å²) < 4.78 is 0. The van der Waals surface area contributed by atoms with Crippen LogP contribution >= 0.6 is 0 Å². The Morgan fingerprint density at radius 3 is 2.69 bits per heavy atom. The average Bonchev–Trinajstić information content (AvgIpc) is 2.09. The molecule has 0 aliphatic carbocycles. The van der Waals surface area contributed by atoms with Gasteiger partial charge in [0.25, 0.3) is 0 Å². The van der Waals surface area contributed by atoms with E-state index in [-0.39, 0.29) is 0 Å². The van der Waals surface area contributed by atoms with Gasteiger partial charge in [-0.2, -0.15) is 0 Å². The first-order valence-corrected chi connectivity index (χ1v) is 4.68. The number of hydrogen-bond acceptors (Lipinski definition) is 1. The molecule has 13 heavy (non-hydrogen) atoms. The van der Waals surface area contributed by atoms with E-state index in [0.29, 0.717) is 0 Å². The third kappa shape index (κ3) is 3.03. The van der Waals surface area contributed by atoms with Crippen LogP contribution in [0.25, 0.3) is 6.08 Å². The van der Waals surface area contributed by atoms with Crippen LogP contribution in [0.2, 0.25) is 0 Å². The zero-order valence-corrected chi connectivity index (χ0v) is 8.38. The summed E-state index contributed by atoms with van der Waals surface area (Å²) in [5.74, 6) is 0. The number of aryl methyl sites for hydroxylation is 2. The molecule has 1 aromatic carbocycles. The molecular weight excluding hydrogens is 158 g/mol. The van der Waals surface area contributed by atoms with Gasteiger partial charge in [-0.25, -0.2) is 0 Å². The highest BCUT2D eigenvalue weighted by Crippen LogP contribution is 2.12. The largest absolute Gasteiger partial charge is 0.330 e. The topological polar surface area (TPSA) is 26.0 Å². The molecule has 1 nitrogen and oxygen atoms in total. The molecule has 0 saturated heterocycles. The minimum Gasteiger partial charge on any atom is -0.330 e. The second kappa shape index (κ2) is 4.83. The zero-order valence-electron chi connectivity index (χ0n) is 8.38. The van der Waals surface area contributed by atoms with Crippen LogP contribution in [-0.2, 0) is 0 Å². The number of benzene rings is 1. The van der Waals surface area contributed by atoms with E-state index in [1.165, 1.54) is 16.7 Å². The van der Waals surface area contributed by atoms with Crippen molar-refractivity contribution in [2.24, 2.45) is 5.73 Å². The Morgan fingerprint density at radius 2 is 2.08 bits per heavy atom. The van der Waals surface area contributed by atoms with Crippen LogP contribution in [0.1, 0.15) is 23.1 Å². The Hall–Kier alpha value is -1.08. The van der Waals surface area contributed by atoms with Crippen molar-refractivity contribution < 1.29 is 0 Å². The fourth-order valence-corrected chi connectivity index (χ4v) is 1.32. The van der Waals surface area contributed by atoms with Crippen molar-refractivity contribution in [1.82, 2.24) is 0 Å². The molecule has 0 saturated carbocycles. The Labute approximate surface area is 80.3 Å². The molecule has 0 radical (unpaired) electrons. The van der Waals surface area contributed by atoms with Gasteiger partial charge in [0, 0.05) is 0 Å². The summed E-state index contributed by atoms with van der Waals surface area (Å²) in [5.41, 5.74) is 9.33. The molecule has 0 fully saturated rings. The van der Waals surface area contributed by atoms with Gasteiger partial charge in [-0.1, -0.05) is 35.9 Å². The van der Waals surface area contributed by atoms with E-state index in [4.69, 9.17) is 5.73 Å². The predicted octanol–water partition coefficient (Wildman–Crippen LogP) is 2.67. The third-order valence-corrected chi connectivity index (χ3v) is 2.06. The minimum absolute atomic E-state index is 0.724. The lowest BCUT2D eigenvalue weighted by Crippen LogP contribution is -1.95. The second-order valence-electron chi connectivity index (χ2n) is 3.34. The van der Waals surface area contributed by atoms with Gasteiger partial charge in [0.05, 0.1) is 0 Å². The minimum atomic E-state index is 0.724. The third-order valence-electron chi connectivity index (χ3n) is 2.06. The van der Waals surface area contributed by atoms with E-state index in [9.17, 15) is 0 Å². The maximum Gasteiger partial charge on any atom is -0.00425 e. The first-order chi connectivity index (χ1) is 6.24. The molecule has 0 unspecified atom stereocenters. The van der Waals surface area contributed by atoms with Crippen LogP contribution in [0.5, 0.6) is 0 Å². The van der Waals surface area contributed by atoms with Crippen LogP contribution in [0, 0.1) is 13.8 Å². The number of rotatable bonds is 3. The summed E-state index contributed by atoms with van der Waals surface area (Å²) in [6, 6.07) is 6.48. The van der Waals surface area contributed by atoms with Crippen LogP contribution in [0.4, 0.5) is 0 Å². The predicted molar refractivity (Wildman–Crippen MR) is 58.6 cm³/mol. The highest BCUT2D eigenvalue weighted by molar-refractivity contribution is 5.54. The van der Waals surface area contributed by atoms with E-state index in [2.05, 4.69) is 44.2 Å². The molecule has 1 aromatic rings. The molecule has 1 rings (SSSR count). The molecule has 0 bridgehead atoms. The SMILES string of the molecule is Cc1ccc(/C=C/CCN)c(C)c1. The van der Waals surface area contributed by atoms with Gasteiger partial charge >= 0.3 is 0 Å². The first kappa shape index (κ1) is 10.0. The zero-order chi connectivity index (χ0) is 9.68. The molecule has 0 heterocycles. The molecule has 70 valence electrons. The lowest BCUT2D eigenvalue weighted by molar-refractivity contribution is 1.01. The quantitative estimate of drug-likeness (QED) is 0.751. The molecule has 0 aliphatic heterocycles. The van der Waals surface area contributed by atoms with E-state index in [1.54, 1.807) is 0 Å². The van der Waals surface area contributed by atoms with Gasteiger partial charge < -0.3 is 5.73 Å². The van der Waals surface area contributed by atoms with Crippen molar-refractivity contribution in [2.45, 2.75) is 20.3 Å². The molecule has 1 heteroatoms. The van der Waals surface area contributed by atoms with Crippen LogP contribution < -0.4 is 5.73 Å². The van der Waals surface area contributed by atoms with Gasteiger partial charge in [-0.15, -0.1) is 0 Å². The molecule has 2 N–H and O–H groups in total. The highest BCUT2D eigenvalue weighted by atomic mass is 14.5. The maximum atomic E-state index is 5.40. The average molecular weight is 175 g/mol. The fraction of sp³-hybridized carbons (Fsp3) is 0.333. The number of hydrogen-bond donors (Lipinski definition) is 1. The molecule has 0 atom stereocenters.